The summed E-state index contributed by atoms with van der Waals surface area (Å²) in [5.41, 5.74) is 1.71. The maximum absolute atomic E-state index is 13.2. The highest BCUT2D eigenvalue weighted by atomic mass is 35.5. The molecular weight excluding hydrogens is 371 g/mol. The highest BCUT2D eigenvalue weighted by molar-refractivity contribution is 6.31. The lowest BCUT2D eigenvalue weighted by Crippen LogP contribution is -2.23. The molecule has 0 fully saturated rings. The lowest BCUT2D eigenvalue weighted by atomic mass is 10.2. The van der Waals surface area contributed by atoms with E-state index in [0.717, 1.165) is 5.56 Å². The first-order valence-electron chi connectivity index (χ1n) is 8.01. The molecule has 1 amide bonds. The third-order valence-electron chi connectivity index (χ3n) is 3.72. The molecular formula is C19H16ClFN4O2. The Balaban J connectivity index is 1.62. The van der Waals surface area contributed by atoms with Crippen molar-refractivity contribution < 1.29 is 13.9 Å². The number of aromatic nitrogens is 2. The zero-order chi connectivity index (χ0) is 19.2. The Morgan fingerprint density at radius 1 is 1.19 bits per heavy atom. The summed E-state index contributed by atoms with van der Waals surface area (Å²) in [6.07, 6.45) is 2.80. The fourth-order valence-corrected chi connectivity index (χ4v) is 2.52. The lowest BCUT2D eigenvalue weighted by molar-refractivity contribution is 0.0950. The number of hydrogen-bond acceptors (Lipinski definition) is 5. The molecule has 0 aliphatic carbocycles. The van der Waals surface area contributed by atoms with Crippen LogP contribution >= 0.6 is 11.6 Å². The summed E-state index contributed by atoms with van der Waals surface area (Å²) in [7, 11) is 1.58. The molecule has 0 saturated carbocycles. The van der Waals surface area contributed by atoms with Crippen molar-refractivity contribution in [1.29, 1.82) is 0 Å². The van der Waals surface area contributed by atoms with Crippen molar-refractivity contribution in [2.45, 2.75) is 6.54 Å². The van der Waals surface area contributed by atoms with Gasteiger partial charge in [0.2, 0.25) is 5.95 Å². The van der Waals surface area contributed by atoms with E-state index >= 15 is 0 Å². The van der Waals surface area contributed by atoms with E-state index < -0.39 is 5.82 Å². The standard InChI is InChI=1S/C19H16ClFN4O2/c1-27-17-5-3-2-4-12(17)9-22-18(26)13-10-23-19(24-11-13)25-14-6-7-16(21)15(20)8-14/h2-8,10-11H,9H2,1H3,(H,22,26)(H,23,24,25). The largest absolute Gasteiger partial charge is 0.496 e. The Kier molecular flexibility index (Phi) is 5.83. The van der Waals surface area contributed by atoms with Crippen molar-refractivity contribution in [3.8, 4) is 5.75 Å². The van der Waals surface area contributed by atoms with E-state index in [-0.39, 0.29) is 16.9 Å². The summed E-state index contributed by atoms with van der Waals surface area (Å²) >= 11 is 5.74. The molecule has 27 heavy (non-hydrogen) atoms. The van der Waals surface area contributed by atoms with Gasteiger partial charge in [-0.05, 0) is 24.3 Å². The number of nitrogens with zero attached hydrogens (tertiary/aromatic N) is 2. The van der Waals surface area contributed by atoms with Gasteiger partial charge >= 0.3 is 0 Å². The molecule has 8 heteroatoms. The molecule has 0 bridgehead atoms. The minimum absolute atomic E-state index is 0.00709. The Morgan fingerprint density at radius 2 is 1.93 bits per heavy atom. The number of para-hydroxylation sites is 1. The van der Waals surface area contributed by atoms with Gasteiger partial charge in [-0.3, -0.25) is 4.79 Å². The molecule has 2 aromatic carbocycles. The average molecular weight is 387 g/mol. The second kappa shape index (κ2) is 8.46. The van der Waals surface area contributed by atoms with Crippen molar-refractivity contribution in [3.63, 3.8) is 0 Å². The summed E-state index contributed by atoms with van der Waals surface area (Å²) in [5.74, 6) is 0.146. The van der Waals surface area contributed by atoms with Crippen LogP contribution in [-0.4, -0.2) is 23.0 Å². The van der Waals surface area contributed by atoms with Gasteiger partial charge in [-0.25, -0.2) is 14.4 Å². The molecule has 0 unspecified atom stereocenters. The van der Waals surface area contributed by atoms with E-state index in [1.54, 1.807) is 7.11 Å². The molecule has 0 spiro atoms. The summed E-state index contributed by atoms with van der Waals surface area (Å²) in [4.78, 5) is 20.4. The summed E-state index contributed by atoms with van der Waals surface area (Å²) in [5, 5.41) is 5.68. The number of amides is 1. The molecule has 138 valence electrons. The highest BCUT2D eigenvalue weighted by Gasteiger charge is 2.09. The second-order valence-corrected chi connectivity index (χ2v) is 5.95. The monoisotopic (exact) mass is 386 g/mol. The predicted molar refractivity (Wildman–Crippen MR) is 101 cm³/mol. The first kappa shape index (κ1) is 18.6. The number of nitrogens with one attached hydrogen (secondary N) is 2. The number of anilines is 2. The first-order valence-corrected chi connectivity index (χ1v) is 8.39. The van der Waals surface area contributed by atoms with Crippen LogP contribution in [-0.2, 0) is 6.54 Å². The third kappa shape index (κ3) is 4.71. The van der Waals surface area contributed by atoms with E-state index in [1.807, 2.05) is 24.3 Å². The molecule has 0 saturated heterocycles. The van der Waals surface area contributed by atoms with Gasteiger partial charge in [0.05, 0.1) is 17.7 Å². The molecule has 3 aromatic rings. The van der Waals surface area contributed by atoms with Crippen molar-refractivity contribution in [3.05, 3.63) is 76.8 Å². The van der Waals surface area contributed by atoms with Crippen molar-refractivity contribution in [2.24, 2.45) is 0 Å². The topological polar surface area (TPSA) is 76.1 Å². The van der Waals surface area contributed by atoms with Crippen LogP contribution in [0.2, 0.25) is 5.02 Å². The number of methoxy groups -OCH3 is 1. The Bertz CT molecular complexity index is 951. The van der Waals surface area contributed by atoms with Crippen LogP contribution in [0.25, 0.3) is 0 Å². The van der Waals surface area contributed by atoms with Gasteiger partial charge in [-0.2, -0.15) is 0 Å². The average Bonchev–Trinajstić information content (AvgIpc) is 2.69. The number of carbonyl (C=O) groups excluding carboxylic acids is 1. The van der Waals surface area contributed by atoms with E-state index in [2.05, 4.69) is 20.6 Å². The van der Waals surface area contributed by atoms with Crippen LogP contribution in [0.1, 0.15) is 15.9 Å². The quantitative estimate of drug-likeness (QED) is 0.670. The summed E-state index contributed by atoms with van der Waals surface area (Å²) in [6, 6.07) is 11.6. The molecule has 0 aliphatic rings. The zero-order valence-electron chi connectivity index (χ0n) is 14.4. The molecule has 1 heterocycles. The smallest absolute Gasteiger partial charge is 0.254 e. The van der Waals surface area contributed by atoms with E-state index in [9.17, 15) is 9.18 Å². The van der Waals surface area contributed by atoms with Gasteiger partial charge in [-0.15, -0.1) is 0 Å². The van der Waals surface area contributed by atoms with Gasteiger partial charge in [0.25, 0.3) is 5.91 Å². The van der Waals surface area contributed by atoms with Crippen LogP contribution in [0.4, 0.5) is 16.0 Å². The normalized spacial score (nSPS) is 10.3. The molecule has 0 radical (unpaired) electrons. The predicted octanol–water partition coefficient (Wildman–Crippen LogP) is 3.95. The molecule has 6 nitrogen and oxygen atoms in total. The van der Waals surface area contributed by atoms with Crippen LogP contribution in [0.3, 0.4) is 0 Å². The number of benzene rings is 2. The van der Waals surface area contributed by atoms with Crippen LogP contribution in [0.15, 0.2) is 54.9 Å². The fraction of sp³-hybridized carbons (Fsp3) is 0.105. The Labute approximate surface area is 160 Å². The summed E-state index contributed by atoms with van der Waals surface area (Å²) in [6.45, 7) is 0.316. The molecule has 0 aliphatic heterocycles. The molecule has 2 N–H and O–H groups in total. The van der Waals surface area contributed by atoms with Crippen molar-refractivity contribution in [1.82, 2.24) is 15.3 Å². The number of halogens is 2. The Morgan fingerprint density at radius 3 is 2.63 bits per heavy atom. The molecule has 0 atom stereocenters. The summed E-state index contributed by atoms with van der Waals surface area (Å²) < 4.78 is 18.4. The minimum atomic E-state index is -0.509. The maximum atomic E-state index is 13.2. The maximum Gasteiger partial charge on any atom is 0.254 e. The van der Waals surface area contributed by atoms with Gasteiger partial charge in [0.15, 0.2) is 0 Å². The van der Waals surface area contributed by atoms with E-state index in [0.29, 0.717) is 23.5 Å². The highest BCUT2D eigenvalue weighted by Crippen LogP contribution is 2.21. The first-order chi connectivity index (χ1) is 13.1. The van der Waals surface area contributed by atoms with Gasteiger partial charge in [0, 0.05) is 30.2 Å². The van der Waals surface area contributed by atoms with E-state index in [4.69, 9.17) is 16.3 Å². The van der Waals surface area contributed by atoms with Crippen LogP contribution in [0, 0.1) is 5.82 Å². The van der Waals surface area contributed by atoms with Gasteiger partial charge in [-0.1, -0.05) is 29.8 Å². The SMILES string of the molecule is COc1ccccc1CNC(=O)c1cnc(Nc2ccc(F)c(Cl)c2)nc1. The van der Waals surface area contributed by atoms with Crippen molar-refractivity contribution >= 4 is 29.1 Å². The van der Waals surface area contributed by atoms with Crippen LogP contribution in [0.5, 0.6) is 5.75 Å². The Hall–Kier alpha value is -3.19. The van der Waals surface area contributed by atoms with Gasteiger partial charge in [0.1, 0.15) is 11.6 Å². The van der Waals surface area contributed by atoms with Crippen LogP contribution < -0.4 is 15.4 Å². The number of hydrogen-bond donors (Lipinski definition) is 2. The van der Waals surface area contributed by atoms with E-state index in [1.165, 1.54) is 30.6 Å². The zero-order valence-corrected chi connectivity index (χ0v) is 15.1. The molecule has 1 aromatic heterocycles. The molecule has 3 rings (SSSR count). The number of carbonyl (C=O) groups is 1. The minimum Gasteiger partial charge on any atom is -0.496 e. The van der Waals surface area contributed by atoms with Crippen molar-refractivity contribution in [2.75, 3.05) is 12.4 Å². The number of rotatable bonds is 6. The second-order valence-electron chi connectivity index (χ2n) is 5.54. The van der Waals surface area contributed by atoms with Gasteiger partial charge < -0.3 is 15.4 Å². The third-order valence-corrected chi connectivity index (χ3v) is 4.01. The fourth-order valence-electron chi connectivity index (χ4n) is 2.34. The lowest BCUT2D eigenvalue weighted by Gasteiger charge is -2.10. The number of ether oxygens (including phenoxy) is 1.